The number of ether oxygens (including phenoxy) is 1. The second-order valence-corrected chi connectivity index (χ2v) is 6.46. The lowest BCUT2D eigenvalue weighted by Gasteiger charge is -2.35. The zero-order chi connectivity index (χ0) is 15.5. The number of rotatable bonds is 4. The summed E-state index contributed by atoms with van der Waals surface area (Å²) in [6.45, 7) is 2.01. The van der Waals surface area contributed by atoms with Crippen molar-refractivity contribution in [2.75, 3.05) is 27.2 Å². The van der Waals surface area contributed by atoms with Crippen LogP contribution in [0.5, 0.6) is 0 Å². The van der Waals surface area contributed by atoms with E-state index in [0.717, 1.165) is 31.5 Å². The molecule has 22 heavy (non-hydrogen) atoms. The number of likely N-dealkylation sites (tertiary alicyclic amines) is 2. The number of carbonyl (C=O) groups excluding carboxylic acids is 1. The maximum absolute atomic E-state index is 13.0. The molecule has 1 amide bonds. The molecule has 4 nitrogen and oxygen atoms in total. The number of methoxy groups -OCH3 is 1. The lowest BCUT2D eigenvalue weighted by molar-refractivity contribution is -0.144. The predicted octanol–water partition coefficient (Wildman–Crippen LogP) is 2.46. The first-order valence-electron chi connectivity index (χ1n) is 8.31. The predicted molar refractivity (Wildman–Crippen MR) is 86.6 cm³/mol. The van der Waals surface area contributed by atoms with E-state index in [4.69, 9.17) is 4.74 Å². The third kappa shape index (κ3) is 2.90. The molecule has 3 rings (SSSR count). The van der Waals surface area contributed by atoms with Gasteiger partial charge < -0.3 is 14.5 Å². The fourth-order valence-electron chi connectivity index (χ4n) is 4.05. The van der Waals surface area contributed by atoms with E-state index in [1.165, 1.54) is 12.8 Å². The van der Waals surface area contributed by atoms with Crippen LogP contribution in [0.15, 0.2) is 30.3 Å². The third-order valence-electron chi connectivity index (χ3n) is 5.17. The molecule has 0 bridgehead atoms. The molecule has 2 saturated heterocycles. The van der Waals surface area contributed by atoms with Gasteiger partial charge in [-0.25, -0.2) is 0 Å². The minimum absolute atomic E-state index is 0.122. The molecule has 0 N–H and O–H groups in total. The zero-order valence-corrected chi connectivity index (χ0v) is 13.6. The molecule has 120 valence electrons. The van der Waals surface area contributed by atoms with E-state index < -0.39 is 6.10 Å². The van der Waals surface area contributed by atoms with Gasteiger partial charge in [0.15, 0.2) is 6.10 Å². The standard InChI is InChI=1S/C18H26N2O2/c1-19-12-6-10-15(19)16-11-7-13-20(16)18(21)17(22-2)14-8-4-3-5-9-14/h3-5,8-9,15-17H,6-7,10-13H2,1-2H3. The fourth-order valence-corrected chi connectivity index (χ4v) is 4.05. The summed E-state index contributed by atoms with van der Waals surface area (Å²) in [6, 6.07) is 10.7. The normalized spacial score (nSPS) is 27.3. The zero-order valence-electron chi connectivity index (χ0n) is 13.6. The van der Waals surface area contributed by atoms with Crippen LogP contribution in [0.2, 0.25) is 0 Å². The minimum atomic E-state index is -0.478. The topological polar surface area (TPSA) is 32.8 Å². The van der Waals surface area contributed by atoms with Gasteiger partial charge in [-0.2, -0.15) is 0 Å². The molecule has 0 saturated carbocycles. The number of hydrogen-bond acceptors (Lipinski definition) is 3. The van der Waals surface area contributed by atoms with E-state index >= 15 is 0 Å². The number of benzene rings is 1. The second kappa shape index (κ2) is 6.80. The Balaban J connectivity index is 1.77. The van der Waals surface area contributed by atoms with Gasteiger partial charge in [-0.1, -0.05) is 30.3 Å². The first-order chi connectivity index (χ1) is 10.7. The van der Waals surface area contributed by atoms with Crippen molar-refractivity contribution in [3.63, 3.8) is 0 Å². The molecule has 3 unspecified atom stereocenters. The van der Waals surface area contributed by atoms with Gasteiger partial charge in [-0.3, -0.25) is 4.79 Å². The average molecular weight is 302 g/mol. The van der Waals surface area contributed by atoms with Gasteiger partial charge in [0.05, 0.1) is 0 Å². The highest BCUT2D eigenvalue weighted by atomic mass is 16.5. The van der Waals surface area contributed by atoms with Gasteiger partial charge in [-0.05, 0) is 44.8 Å². The fraction of sp³-hybridized carbons (Fsp3) is 0.611. The summed E-state index contributed by atoms with van der Waals surface area (Å²) in [5, 5.41) is 0. The molecule has 3 atom stereocenters. The Morgan fingerprint density at radius 3 is 2.45 bits per heavy atom. The molecule has 1 aromatic carbocycles. The Bertz CT molecular complexity index is 505. The van der Waals surface area contributed by atoms with Crippen LogP contribution in [0.4, 0.5) is 0 Å². The van der Waals surface area contributed by atoms with Gasteiger partial charge >= 0.3 is 0 Å². The van der Waals surface area contributed by atoms with Gasteiger partial charge in [0, 0.05) is 25.7 Å². The van der Waals surface area contributed by atoms with E-state index in [1.54, 1.807) is 7.11 Å². The molecule has 2 aliphatic rings. The van der Waals surface area contributed by atoms with Crippen molar-refractivity contribution in [2.24, 2.45) is 0 Å². The minimum Gasteiger partial charge on any atom is -0.367 e. The largest absolute Gasteiger partial charge is 0.367 e. The lowest BCUT2D eigenvalue weighted by Crippen LogP contribution is -2.48. The van der Waals surface area contributed by atoms with E-state index in [1.807, 2.05) is 30.3 Å². The van der Waals surface area contributed by atoms with Crippen LogP contribution in [0.1, 0.15) is 37.4 Å². The number of hydrogen-bond donors (Lipinski definition) is 0. The van der Waals surface area contributed by atoms with E-state index in [9.17, 15) is 4.79 Å². The second-order valence-electron chi connectivity index (χ2n) is 6.46. The van der Waals surface area contributed by atoms with Crippen molar-refractivity contribution in [3.8, 4) is 0 Å². The monoisotopic (exact) mass is 302 g/mol. The molecule has 1 aromatic rings. The molecular formula is C18H26N2O2. The highest BCUT2D eigenvalue weighted by Gasteiger charge is 2.40. The highest BCUT2D eigenvalue weighted by Crippen LogP contribution is 2.31. The van der Waals surface area contributed by atoms with E-state index in [2.05, 4.69) is 16.8 Å². The van der Waals surface area contributed by atoms with Gasteiger partial charge in [0.1, 0.15) is 0 Å². The molecule has 0 radical (unpaired) electrons. The maximum Gasteiger partial charge on any atom is 0.256 e. The van der Waals surface area contributed by atoms with Crippen molar-refractivity contribution < 1.29 is 9.53 Å². The van der Waals surface area contributed by atoms with Crippen LogP contribution in [0.25, 0.3) is 0 Å². The number of nitrogens with zero attached hydrogens (tertiary/aromatic N) is 2. The molecule has 2 aliphatic heterocycles. The highest BCUT2D eigenvalue weighted by molar-refractivity contribution is 5.83. The number of likely N-dealkylation sites (N-methyl/N-ethyl adjacent to an activating group) is 1. The Labute approximate surface area is 133 Å². The van der Waals surface area contributed by atoms with Crippen LogP contribution < -0.4 is 0 Å². The van der Waals surface area contributed by atoms with Crippen LogP contribution in [0.3, 0.4) is 0 Å². The van der Waals surface area contributed by atoms with Crippen LogP contribution in [0, 0.1) is 0 Å². The van der Waals surface area contributed by atoms with Crippen molar-refractivity contribution in [1.29, 1.82) is 0 Å². The van der Waals surface area contributed by atoms with E-state index in [0.29, 0.717) is 12.1 Å². The summed E-state index contributed by atoms with van der Waals surface area (Å²) < 4.78 is 5.54. The Hall–Kier alpha value is -1.39. The molecule has 0 aromatic heterocycles. The molecular weight excluding hydrogens is 276 g/mol. The lowest BCUT2D eigenvalue weighted by atomic mass is 10.0. The van der Waals surface area contributed by atoms with Crippen LogP contribution >= 0.6 is 0 Å². The summed E-state index contributed by atoms with van der Waals surface area (Å²) in [6.07, 6.45) is 4.19. The molecule has 0 spiro atoms. The first kappa shape index (κ1) is 15.5. The summed E-state index contributed by atoms with van der Waals surface area (Å²) in [5.41, 5.74) is 0.945. The SMILES string of the molecule is COC(C(=O)N1CCCC1C1CCCN1C)c1ccccc1. The van der Waals surface area contributed by atoms with Crippen molar-refractivity contribution >= 4 is 5.91 Å². The molecule has 4 heteroatoms. The third-order valence-corrected chi connectivity index (χ3v) is 5.17. The summed E-state index contributed by atoms with van der Waals surface area (Å²) >= 11 is 0. The Kier molecular flexibility index (Phi) is 4.79. The smallest absolute Gasteiger partial charge is 0.256 e. The molecule has 0 aliphatic carbocycles. The van der Waals surface area contributed by atoms with Crippen molar-refractivity contribution in [1.82, 2.24) is 9.80 Å². The van der Waals surface area contributed by atoms with Crippen LogP contribution in [-0.2, 0) is 9.53 Å². The van der Waals surface area contributed by atoms with Crippen molar-refractivity contribution in [3.05, 3.63) is 35.9 Å². The van der Waals surface area contributed by atoms with Crippen LogP contribution in [-0.4, -0.2) is 55.0 Å². The molecule has 2 fully saturated rings. The first-order valence-corrected chi connectivity index (χ1v) is 8.31. The van der Waals surface area contributed by atoms with Gasteiger partial charge in [0.25, 0.3) is 5.91 Å². The van der Waals surface area contributed by atoms with Crippen molar-refractivity contribution in [2.45, 2.75) is 43.9 Å². The quantitative estimate of drug-likeness (QED) is 0.856. The maximum atomic E-state index is 13.0. The van der Waals surface area contributed by atoms with E-state index in [-0.39, 0.29) is 5.91 Å². The van der Waals surface area contributed by atoms with Gasteiger partial charge in [-0.15, -0.1) is 0 Å². The summed E-state index contributed by atoms with van der Waals surface area (Å²) in [7, 11) is 3.81. The van der Waals surface area contributed by atoms with Gasteiger partial charge in [0.2, 0.25) is 0 Å². The number of amides is 1. The average Bonchev–Trinajstić information content (AvgIpc) is 3.17. The summed E-state index contributed by atoms with van der Waals surface area (Å²) in [5.74, 6) is 0.122. The molecule has 2 heterocycles. The summed E-state index contributed by atoms with van der Waals surface area (Å²) in [4.78, 5) is 17.5. The Morgan fingerprint density at radius 1 is 1.14 bits per heavy atom. The Morgan fingerprint density at radius 2 is 1.82 bits per heavy atom. The number of carbonyl (C=O) groups is 1.